The predicted octanol–water partition coefficient (Wildman–Crippen LogP) is 2.73. The third-order valence-corrected chi connectivity index (χ3v) is 6.60. The third kappa shape index (κ3) is 6.28. The SMILES string of the molecule is O=S(=O)(c1ccc(OCCNC(=S)Nc2ccc(Cl)cc2)cc1)N1CCOCC1. The van der Waals surface area contributed by atoms with E-state index in [0.717, 1.165) is 5.69 Å². The predicted molar refractivity (Wildman–Crippen MR) is 117 cm³/mol. The van der Waals surface area contributed by atoms with Crippen molar-refractivity contribution in [1.29, 1.82) is 0 Å². The van der Waals surface area contributed by atoms with Gasteiger partial charge >= 0.3 is 0 Å². The number of hydrogen-bond donors (Lipinski definition) is 2. The molecule has 0 spiro atoms. The van der Waals surface area contributed by atoms with Crippen LogP contribution in [0.5, 0.6) is 5.75 Å². The lowest BCUT2D eigenvalue weighted by Gasteiger charge is -2.26. The van der Waals surface area contributed by atoms with Gasteiger partial charge in [0.2, 0.25) is 10.0 Å². The zero-order valence-electron chi connectivity index (χ0n) is 15.6. The maximum absolute atomic E-state index is 12.6. The molecule has 2 N–H and O–H groups in total. The molecule has 1 aliphatic heterocycles. The molecule has 0 saturated carbocycles. The highest BCUT2D eigenvalue weighted by Gasteiger charge is 2.26. The number of morpholine rings is 1. The molecule has 0 aliphatic carbocycles. The molecule has 0 amide bonds. The summed E-state index contributed by atoms with van der Waals surface area (Å²) < 4.78 is 37.5. The molecule has 0 radical (unpaired) electrons. The van der Waals surface area contributed by atoms with E-state index in [2.05, 4.69) is 10.6 Å². The van der Waals surface area contributed by atoms with Crippen LogP contribution in [0.1, 0.15) is 0 Å². The number of benzene rings is 2. The first-order chi connectivity index (χ1) is 13.9. The lowest BCUT2D eigenvalue weighted by Crippen LogP contribution is -2.40. The summed E-state index contributed by atoms with van der Waals surface area (Å²) in [6.45, 7) is 2.45. The van der Waals surface area contributed by atoms with Crippen molar-refractivity contribution in [2.75, 3.05) is 44.8 Å². The van der Waals surface area contributed by atoms with E-state index in [0.29, 0.717) is 55.3 Å². The number of anilines is 1. The molecule has 1 saturated heterocycles. The van der Waals surface area contributed by atoms with E-state index in [4.69, 9.17) is 33.3 Å². The Balaban J connectivity index is 1.43. The Morgan fingerprint density at radius 2 is 1.76 bits per heavy atom. The molecule has 7 nitrogen and oxygen atoms in total. The van der Waals surface area contributed by atoms with Gasteiger partial charge in [0.1, 0.15) is 12.4 Å². The Hall–Kier alpha value is -1.91. The van der Waals surface area contributed by atoms with Gasteiger partial charge in [0.25, 0.3) is 0 Å². The van der Waals surface area contributed by atoms with Crippen LogP contribution in [0.25, 0.3) is 0 Å². The van der Waals surface area contributed by atoms with Crippen molar-refractivity contribution in [2.24, 2.45) is 0 Å². The number of ether oxygens (including phenoxy) is 2. The van der Waals surface area contributed by atoms with E-state index in [1.54, 1.807) is 36.4 Å². The van der Waals surface area contributed by atoms with Crippen LogP contribution in [0.3, 0.4) is 0 Å². The topological polar surface area (TPSA) is 79.9 Å². The van der Waals surface area contributed by atoms with Crippen molar-refractivity contribution in [3.8, 4) is 5.75 Å². The quantitative estimate of drug-likeness (QED) is 0.490. The zero-order chi connectivity index (χ0) is 20.7. The lowest BCUT2D eigenvalue weighted by molar-refractivity contribution is 0.0730. The van der Waals surface area contributed by atoms with Crippen LogP contribution in [0.4, 0.5) is 5.69 Å². The van der Waals surface area contributed by atoms with Gasteiger partial charge in [0.05, 0.1) is 24.7 Å². The minimum atomic E-state index is -3.50. The first-order valence-electron chi connectivity index (χ1n) is 9.06. The van der Waals surface area contributed by atoms with Gasteiger partial charge in [0, 0.05) is 23.8 Å². The van der Waals surface area contributed by atoms with Gasteiger partial charge in [-0.2, -0.15) is 4.31 Å². The van der Waals surface area contributed by atoms with Gasteiger partial charge < -0.3 is 20.1 Å². The molecule has 2 aromatic carbocycles. The van der Waals surface area contributed by atoms with E-state index in [1.165, 1.54) is 4.31 Å². The van der Waals surface area contributed by atoms with Gasteiger partial charge in [-0.25, -0.2) is 8.42 Å². The summed E-state index contributed by atoms with van der Waals surface area (Å²) in [5.41, 5.74) is 0.838. The van der Waals surface area contributed by atoms with E-state index in [9.17, 15) is 8.42 Å². The molecular weight excluding hydrogens is 434 g/mol. The largest absolute Gasteiger partial charge is 0.492 e. The Bertz CT molecular complexity index is 915. The molecule has 1 aliphatic rings. The Labute approximate surface area is 181 Å². The summed E-state index contributed by atoms with van der Waals surface area (Å²) in [5.74, 6) is 0.587. The summed E-state index contributed by atoms with van der Waals surface area (Å²) in [6.07, 6.45) is 0. The molecule has 29 heavy (non-hydrogen) atoms. The Morgan fingerprint density at radius 1 is 1.10 bits per heavy atom. The summed E-state index contributed by atoms with van der Waals surface area (Å²) >= 11 is 11.1. The minimum Gasteiger partial charge on any atom is -0.492 e. The highest BCUT2D eigenvalue weighted by Crippen LogP contribution is 2.20. The summed E-state index contributed by atoms with van der Waals surface area (Å²) in [5, 5.41) is 7.23. The second-order valence-corrected chi connectivity index (χ2v) is 9.01. The molecule has 10 heteroatoms. The fourth-order valence-electron chi connectivity index (χ4n) is 2.69. The molecule has 1 heterocycles. The minimum absolute atomic E-state index is 0.248. The van der Waals surface area contributed by atoms with Crippen LogP contribution >= 0.6 is 23.8 Å². The van der Waals surface area contributed by atoms with Crippen LogP contribution in [0.2, 0.25) is 5.02 Å². The van der Waals surface area contributed by atoms with Crippen LogP contribution in [0, 0.1) is 0 Å². The molecular formula is C19H22ClN3O4S2. The summed E-state index contributed by atoms with van der Waals surface area (Å²) in [4.78, 5) is 0.248. The Kier molecular flexibility index (Phi) is 7.68. The number of thiocarbonyl (C=S) groups is 1. The van der Waals surface area contributed by atoms with Crippen molar-refractivity contribution in [1.82, 2.24) is 9.62 Å². The van der Waals surface area contributed by atoms with Gasteiger partial charge in [-0.15, -0.1) is 0 Å². The average Bonchev–Trinajstić information content (AvgIpc) is 2.74. The first-order valence-corrected chi connectivity index (χ1v) is 11.3. The van der Waals surface area contributed by atoms with Gasteiger partial charge in [-0.3, -0.25) is 0 Å². The fourth-order valence-corrected chi connectivity index (χ4v) is 4.44. The molecule has 2 aromatic rings. The Morgan fingerprint density at radius 3 is 2.41 bits per heavy atom. The highest BCUT2D eigenvalue weighted by atomic mass is 35.5. The number of nitrogens with zero attached hydrogens (tertiary/aromatic N) is 1. The van der Waals surface area contributed by atoms with E-state index in [-0.39, 0.29) is 4.90 Å². The molecule has 1 fully saturated rings. The van der Waals surface area contributed by atoms with Gasteiger partial charge in [-0.1, -0.05) is 11.6 Å². The summed E-state index contributed by atoms with van der Waals surface area (Å²) in [6, 6.07) is 13.6. The fraction of sp³-hybridized carbons (Fsp3) is 0.316. The first kappa shape index (κ1) is 21.8. The van der Waals surface area contributed by atoms with Crippen molar-refractivity contribution >= 4 is 44.6 Å². The molecule has 0 bridgehead atoms. The average molecular weight is 456 g/mol. The number of hydrogen-bond acceptors (Lipinski definition) is 5. The monoisotopic (exact) mass is 455 g/mol. The maximum atomic E-state index is 12.6. The molecule has 0 atom stereocenters. The van der Waals surface area contributed by atoms with E-state index >= 15 is 0 Å². The number of halogens is 1. The van der Waals surface area contributed by atoms with Crippen LogP contribution < -0.4 is 15.4 Å². The van der Waals surface area contributed by atoms with E-state index < -0.39 is 10.0 Å². The second-order valence-electron chi connectivity index (χ2n) is 6.22. The number of sulfonamides is 1. The summed E-state index contributed by atoms with van der Waals surface area (Å²) in [7, 11) is -3.50. The van der Waals surface area contributed by atoms with Gasteiger partial charge in [-0.05, 0) is 60.7 Å². The van der Waals surface area contributed by atoms with E-state index in [1.807, 2.05) is 12.1 Å². The number of nitrogens with one attached hydrogen (secondary N) is 2. The van der Waals surface area contributed by atoms with Gasteiger partial charge in [0.15, 0.2) is 5.11 Å². The highest BCUT2D eigenvalue weighted by molar-refractivity contribution is 7.89. The van der Waals surface area contributed by atoms with Crippen molar-refractivity contribution in [3.63, 3.8) is 0 Å². The standard InChI is InChI=1S/C19H22ClN3O4S2/c20-15-1-3-16(4-2-15)22-19(28)21-9-12-27-17-5-7-18(8-6-17)29(24,25)23-10-13-26-14-11-23/h1-8H,9-14H2,(H2,21,22,28). The van der Waals surface area contributed by atoms with Crippen LogP contribution in [-0.4, -0.2) is 57.3 Å². The smallest absolute Gasteiger partial charge is 0.243 e. The van der Waals surface area contributed by atoms with Crippen molar-refractivity contribution < 1.29 is 17.9 Å². The zero-order valence-corrected chi connectivity index (χ0v) is 18.0. The normalized spacial score (nSPS) is 14.9. The van der Waals surface area contributed by atoms with Crippen LogP contribution in [-0.2, 0) is 14.8 Å². The lowest BCUT2D eigenvalue weighted by atomic mass is 10.3. The number of rotatable bonds is 7. The van der Waals surface area contributed by atoms with Crippen LogP contribution in [0.15, 0.2) is 53.4 Å². The van der Waals surface area contributed by atoms with Crippen molar-refractivity contribution in [2.45, 2.75) is 4.90 Å². The molecule has 0 aromatic heterocycles. The molecule has 0 unspecified atom stereocenters. The molecule has 3 rings (SSSR count). The van der Waals surface area contributed by atoms with Crippen molar-refractivity contribution in [3.05, 3.63) is 53.6 Å². The third-order valence-electron chi connectivity index (χ3n) is 4.19. The maximum Gasteiger partial charge on any atom is 0.243 e. The molecule has 156 valence electrons. The second kappa shape index (κ2) is 10.2.